The van der Waals surface area contributed by atoms with Crippen LogP contribution in [-0.2, 0) is 10.0 Å². The van der Waals surface area contributed by atoms with Crippen LogP contribution in [0.25, 0.3) is 0 Å². The summed E-state index contributed by atoms with van der Waals surface area (Å²) in [4.78, 5) is 0.397. The highest BCUT2D eigenvalue weighted by Gasteiger charge is 2.21. The van der Waals surface area contributed by atoms with E-state index in [1.54, 1.807) is 12.1 Å². The van der Waals surface area contributed by atoms with Gasteiger partial charge in [0.15, 0.2) is 0 Å². The summed E-state index contributed by atoms with van der Waals surface area (Å²) in [6.07, 6.45) is 14.2. The summed E-state index contributed by atoms with van der Waals surface area (Å²) in [5.74, 6) is 0. The molecule has 0 bridgehead atoms. The predicted molar refractivity (Wildman–Crippen MR) is 107 cm³/mol. The molecule has 1 saturated heterocycles. The van der Waals surface area contributed by atoms with Crippen molar-refractivity contribution in [2.24, 2.45) is 0 Å². The van der Waals surface area contributed by atoms with E-state index in [0.29, 0.717) is 10.9 Å². The molecule has 3 rings (SSSR count). The second kappa shape index (κ2) is 9.86. The van der Waals surface area contributed by atoms with Gasteiger partial charge >= 0.3 is 0 Å². The van der Waals surface area contributed by atoms with E-state index in [1.165, 1.54) is 50.5 Å². The van der Waals surface area contributed by atoms with Gasteiger partial charge in [-0.05, 0) is 49.9 Å². The number of nitrogens with one attached hydrogen (secondary N) is 2. The van der Waals surface area contributed by atoms with Gasteiger partial charge in [-0.2, -0.15) is 0 Å². The van der Waals surface area contributed by atoms with E-state index in [-0.39, 0.29) is 6.04 Å². The summed E-state index contributed by atoms with van der Waals surface area (Å²) < 4.78 is 28.6. The third kappa shape index (κ3) is 5.80. The lowest BCUT2D eigenvalue weighted by Gasteiger charge is -2.19. The largest absolute Gasteiger partial charge is 0.310 e. The second-order valence-electron chi connectivity index (χ2n) is 7.94. The zero-order valence-corrected chi connectivity index (χ0v) is 16.7. The van der Waals surface area contributed by atoms with Gasteiger partial charge in [-0.15, -0.1) is 0 Å². The molecule has 2 aliphatic rings. The Bertz CT molecular complexity index is 624. The van der Waals surface area contributed by atoms with E-state index in [0.717, 1.165) is 38.6 Å². The molecule has 1 heterocycles. The number of hydrogen-bond acceptors (Lipinski definition) is 3. The molecule has 0 radical (unpaired) electrons. The van der Waals surface area contributed by atoms with Crippen molar-refractivity contribution >= 4 is 10.0 Å². The lowest BCUT2D eigenvalue weighted by molar-refractivity contribution is 0.467. The van der Waals surface area contributed by atoms with Crippen LogP contribution in [0.15, 0.2) is 29.2 Å². The van der Waals surface area contributed by atoms with Gasteiger partial charge in [0.25, 0.3) is 0 Å². The molecule has 0 spiro atoms. The molecule has 1 saturated carbocycles. The molecule has 5 heteroatoms. The van der Waals surface area contributed by atoms with E-state index in [1.807, 2.05) is 12.1 Å². The van der Waals surface area contributed by atoms with E-state index in [9.17, 15) is 8.42 Å². The van der Waals surface area contributed by atoms with Crippen molar-refractivity contribution in [1.82, 2.24) is 10.0 Å². The molecular weight excluding hydrogens is 344 g/mol. The molecular formula is C21H34N2O2S. The highest BCUT2D eigenvalue weighted by atomic mass is 32.2. The van der Waals surface area contributed by atoms with Crippen LogP contribution < -0.4 is 10.0 Å². The van der Waals surface area contributed by atoms with Crippen LogP contribution in [0.1, 0.15) is 88.7 Å². The predicted octanol–water partition coefficient (Wildman–Crippen LogP) is 4.67. The van der Waals surface area contributed by atoms with Gasteiger partial charge in [-0.25, -0.2) is 13.1 Å². The van der Waals surface area contributed by atoms with Gasteiger partial charge < -0.3 is 5.32 Å². The Labute approximate surface area is 159 Å². The van der Waals surface area contributed by atoms with Crippen LogP contribution in [-0.4, -0.2) is 21.0 Å². The maximum atomic E-state index is 12.8. The first-order chi connectivity index (χ1) is 12.6. The molecule has 0 amide bonds. The lowest BCUT2D eigenvalue weighted by atomic mass is 10.0. The minimum atomic E-state index is -3.43. The highest BCUT2D eigenvalue weighted by Crippen LogP contribution is 2.24. The van der Waals surface area contributed by atoms with Gasteiger partial charge in [0.1, 0.15) is 0 Å². The van der Waals surface area contributed by atoms with E-state index in [4.69, 9.17) is 0 Å². The first-order valence-corrected chi connectivity index (χ1v) is 12.0. The first kappa shape index (κ1) is 19.8. The Morgan fingerprint density at radius 1 is 0.769 bits per heavy atom. The smallest absolute Gasteiger partial charge is 0.240 e. The van der Waals surface area contributed by atoms with Crippen molar-refractivity contribution in [3.05, 3.63) is 29.8 Å². The molecule has 146 valence electrons. The fourth-order valence-corrected chi connectivity index (χ4v) is 5.55. The zero-order chi connectivity index (χ0) is 18.2. The minimum Gasteiger partial charge on any atom is -0.310 e. The third-order valence-electron chi connectivity index (χ3n) is 5.83. The SMILES string of the molecule is O=S(=O)(NC1CCCCCCCCCC1)c1ccc(C2CCCN2)cc1. The molecule has 26 heavy (non-hydrogen) atoms. The van der Waals surface area contributed by atoms with Crippen LogP contribution in [0.4, 0.5) is 0 Å². The molecule has 2 N–H and O–H groups in total. The number of benzene rings is 1. The van der Waals surface area contributed by atoms with E-state index < -0.39 is 10.0 Å². The Morgan fingerprint density at radius 3 is 1.88 bits per heavy atom. The maximum absolute atomic E-state index is 12.8. The van der Waals surface area contributed by atoms with Crippen LogP contribution in [0.5, 0.6) is 0 Å². The van der Waals surface area contributed by atoms with Gasteiger partial charge in [0, 0.05) is 12.1 Å². The molecule has 1 atom stereocenters. The number of hydrogen-bond donors (Lipinski definition) is 2. The fraction of sp³-hybridized carbons (Fsp3) is 0.714. The lowest BCUT2D eigenvalue weighted by Crippen LogP contribution is -2.34. The topological polar surface area (TPSA) is 58.2 Å². The van der Waals surface area contributed by atoms with Crippen LogP contribution in [0.3, 0.4) is 0 Å². The normalized spacial score (nSPS) is 24.2. The van der Waals surface area contributed by atoms with Crippen LogP contribution in [0, 0.1) is 0 Å². The van der Waals surface area contributed by atoms with Gasteiger partial charge in [-0.1, -0.05) is 63.5 Å². The Hall–Kier alpha value is -0.910. The Kier molecular flexibility index (Phi) is 7.52. The number of rotatable bonds is 4. The Balaban J connectivity index is 1.62. The Morgan fingerprint density at radius 2 is 1.35 bits per heavy atom. The number of sulfonamides is 1. The quantitative estimate of drug-likeness (QED) is 0.800. The zero-order valence-electron chi connectivity index (χ0n) is 15.9. The fourth-order valence-electron chi connectivity index (χ4n) is 4.24. The highest BCUT2D eigenvalue weighted by molar-refractivity contribution is 7.89. The summed E-state index contributed by atoms with van der Waals surface area (Å²) in [6, 6.07) is 7.92. The standard InChI is InChI=1S/C21H34N2O2S/c24-26(25,20-15-13-18(14-16-20)21-12-9-17-22-21)23-19-10-7-5-3-1-2-4-6-8-11-19/h13-16,19,21-23H,1-12,17H2. The first-order valence-electron chi connectivity index (χ1n) is 10.5. The van der Waals surface area contributed by atoms with Crippen molar-refractivity contribution in [2.75, 3.05) is 6.54 Å². The summed E-state index contributed by atoms with van der Waals surface area (Å²) in [7, 11) is -3.43. The summed E-state index contributed by atoms with van der Waals surface area (Å²) in [6.45, 7) is 1.05. The van der Waals surface area contributed by atoms with Crippen molar-refractivity contribution in [2.45, 2.75) is 94.0 Å². The molecule has 1 aromatic carbocycles. The minimum absolute atomic E-state index is 0.0780. The van der Waals surface area contributed by atoms with Gasteiger partial charge in [0.05, 0.1) is 4.90 Å². The van der Waals surface area contributed by atoms with Gasteiger partial charge in [-0.3, -0.25) is 0 Å². The maximum Gasteiger partial charge on any atom is 0.240 e. The van der Waals surface area contributed by atoms with E-state index in [2.05, 4.69) is 10.0 Å². The molecule has 2 fully saturated rings. The molecule has 1 aliphatic carbocycles. The summed E-state index contributed by atoms with van der Waals surface area (Å²) in [5.41, 5.74) is 1.19. The third-order valence-corrected chi connectivity index (χ3v) is 7.37. The average Bonchev–Trinajstić information content (AvgIpc) is 3.15. The van der Waals surface area contributed by atoms with Gasteiger partial charge in [0.2, 0.25) is 10.0 Å². The molecule has 4 nitrogen and oxygen atoms in total. The van der Waals surface area contributed by atoms with Crippen molar-refractivity contribution in [3.63, 3.8) is 0 Å². The monoisotopic (exact) mass is 378 g/mol. The summed E-state index contributed by atoms with van der Waals surface area (Å²) >= 11 is 0. The van der Waals surface area contributed by atoms with Crippen LogP contribution in [0.2, 0.25) is 0 Å². The average molecular weight is 379 g/mol. The molecule has 1 aromatic rings. The molecule has 1 aliphatic heterocycles. The molecule has 0 aromatic heterocycles. The van der Waals surface area contributed by atoms with E-state index >= 15 is 0 Å². The van der Waals surface area contributed by atoms with Crippen molar-refractivity contribution < 1.29 is 8.42 Å². The second-order valence-corrected chi connectivity index (χ2v) is 9.66. The van der Waals surface area contributed by atoms with Crippen molar-refractivity contribution in [1.29, 1.82) is 0 Å². The molecule has 1 unspecified atom stereocenters. The summed E-state index contributed by atoms with van der Waals surface area (Å²) in [5, 5.41) is 3.46. The van der Waals surface area contributed by atoms with Crippen molar-refractivity contribution in [3.8, 4) is 0 Å². The van der Waals surface area contributed by atoms with Crippen LogP contribution >= 0.6 is 0 Å².